The first-order valence-electron chi connectivity index (χ1n) is 7.34. The van der Waals surface area contributed by atoms with Crippen LogP contribution in [-0.2, 0) is 6.54 Å². The Bertz CT molecular complexity index is 836. The van der Waals surface area contributed by atoms with Crippen LogP contribution in [-0.4, -0.2) is 30.9 Å². The lowest BCUT2D eigenvalue weighted by Crippen LogP contribution is -2.21. The lowest BCUT2D eigenvalue weighted by Gasteiger charge is -2.10. The van der Waals surface area contributed by atoms with Crippen LogP contribution in [0.3, 0.4) is 0 Å². The lowest BCUT2D eigenvalue weighted by atomic mass is 10.1. The Morgan fingerprint density at radius 2 is 1.95 bits per heavy atom. The number of hydrogen-bond acceptors (Lipinski definition) is 4. The largest absolute Gasteiger partial charge is 0.396 e. The van der Waals surface area contributed by atoms with Gasteiger partial charge in [-0.1, -0.05) is 30.3 Å². The van der Waals surface area contributed by atoms with Crippen molar-refractivity contribution in [3.05, 3.63) is 52.7 Å². The van der Waals surface area contributed by atoms with E-state index in [0.717, 1.165) is 12.0 Å². The zero-order valence-corrected chi connectivity index (χ0v) is 12.4. The summed E-state index contributed by atoms with van der Waals surface area (Å²) in [5.41, 5.74) is 1.29. The van der Waals surface area contributed by atoms with Crippen LogP contribution in [0.15, 0.2) is 41.3 Å². The summed E-state index contributed by atoms with van der Waals surface area (Å²) in [6.45, 7) is 2.61. The summed E-state index contributed by atoms with van der Waals surface area (Å²) in [5.74, 6) is 1.11. The number of aryl methyl sites for hydroxylation is 2. The molecule has 22 heavy (non-hydrogen) atoms. The molecule has 0 spiro atoms. The SMILES string of the molecule is Cc1nc2n(CCCCO)cc(-c3ccccc3)c(=O)n2n1. The number of unbranched alkanes of at least 4 members (excludes halogenated alkanes) is 1. The molecule has 0 aliphatic carbocycles. The molecule has 114 valence electrons. The highest BCUT2D eigenvalue weighted by molar-refractivity contribution is 5.62. The van der Waals surface area contributed by atoms with E-state index >= 15 is 0 Å². The van der Waals surface area contributed by atoms with Gasteiger partial charge in [0, 0.05) is 19.3 Å². The summed E-state index contributed by atoms with van der Waals surface area (Å²) in [6.07, 6.45) is 3.36. The van der Waals surface area contributed by atoms with E-state index in [1.54, 1.807) is 6.92 Å². The van der Waals surface area contributed by atoms with Crippen molar-refractivity contribution in [2.45, 2.75) is 26.3 Å². The van der Waals surface area contributed by atoms with E-state index in [1.165, 1.54) is 4.52 Å². The predicted octanol–water partition coefficient (Wildman–Crippen LogP) is 1.64. The Balaban J connectivity index is 2.17. The number of aromatic nitrogens is 4. The lowest BCUT2D eigenvalue weighted by molar-refractivity contribution is 0.281. The van der Waals surface area contributed by atoms with Gasteiger partial charge in [0.25, 0.3) is 5.56 Å². The van der Waals surface area contributed by atoms with Crippen molar-refractivity contribution in [3.63, 3.8) is 0 Å². The second kappa shape index (κ2) is 6.11. The van der Waals surface area contributed by atoms with E-state index < -0.39 is 0 Å². The van der Waals surface area contributed by atoms with E-state index in [-0.39, 0.29) is 12.2 Å². The maximum atomic E-state index is 12.6. The molecule has 0 unspecified atom stereocenters. The van der Waals surface area contributed by atoms with E-state index in [0.29, 0.717) is 30.1 Å². The van der Waals surface area contributed by atoms with Gasteiger partial charge < -0.3 is 9.67 Å². The molecule has 3 rings (SSSR count). The van der Waals surface area contributed by atoms with Crippen molar-refractivity contribution in [1.29, 1.82) is 0 Å². The molecule has 0 fully saturated rings. The standard InChI is InChI=1S/C16H18N4O2/c1-12-17-16-19(9-5-6-10-21)11-14(15(22)20(16)18-12)13-7-3-2-4-8-13/h2-4,7-8,11,21H,5-6,9-10H2,1H3. The number of hydrogen-bond donors (Lipinski definition) is 1. The van der Waals surface area contributed by atoms with Crippen LogP contribution in [0, 0.1) is 6.92 Å². The molecule has 0 atom stereocenters. The van der Waals surface area contributed by atoms with Gasteiger partial charge in [-0.15, -0.1) is 5.10 Å². The third-order valence-corrected chi connectivity index (χ3v) is 3.55. The van der Waals surface area contributed by atoms with Gasteiger partial charge in [-0.3, -0.25) is 4.79 Å². The van der Waals surface area contributed by atoms with Gasteiger partial charge >= 0.3 is 0 Å². The number of rotatable bonds is 5. The fourth-order valence-electron chi connectivity index (χ4n) is 2.48. The zero-order chi connectivity index (χ0) is 15.5. The Kier molecular flexibility index (Phi) is 4.02. The third kappa shape index (κ3) is 2.65. The third-order valence-electron chi connectivity index (χ3n) is 3.55. The van der Waals surface area contributed by atoms with Gasteiger partial charge in [-0.2, -0.15) is 9.50 Å². The highest BCUT2D eigenvalue weighted by atomic mass is 16.2. The summed E-state index contributed by atoms with van der Waals surface area (Å²) in [5, 5.41) is 13.2. The molecule has 6 heteroatoms. The Morgan fingerprint density at radius 3 is 2.68 bits per heavy atom. The molecule has 3 aromatic rings. The van der Waals surface area contributed by atoms with Gasteiger partial charge in [0.1, 0.15) is 5.82 Å². The van der Waals surface area contributed by atoms with Gasteiger partial charge in [0.2, 0.25) is 5.78 Å². The molecule has 0 saturated heterocycles. The normalized spacial score (nSPS) is 11.2. The molecular formula is C16H18N4O2. The highest BCUT2D eigenvalue weighted by Crippen LogP contribution is 2.16. The Morgan fingerprint density at radius 1 is 1.18 bits per heavy atom. The molecule has 2 aromatic heterocycles. The van der Waals surface area contributed by atoms with E-state index in [9.17, 15) is 4.79 Å². The monoisotopic (exact) mass is 298 g/mol. The minimum atomic E-state index is -0.166. The van der Waals surface area contributed by atoms with Crippen LogP contribution in [0.25, 0.3) is 16.9 Å². The first-order valence-corrected chi connectivity index (χ1v) is 7.34. The van der Waals surface area contributed by atoms with Crippen molar-refractivity contribution >= 4 is 5.78 Å². The maximum Gasteiger partial charge on any atom is 0.283 e. The van der Waals surface area contributed by atoms with Crippen LogP contribution in [0.1, 0.15) is 18.7 Å². The molecule has 0 aliphatic heterocycles. The number of aliphatic hydroxyl groups is 1. The number of benzene rings is 1. The quantitative estimate of drug-likeness (QED) is 0.727. The first kappa shape index (κ1) is 14.5. The molecule has 0 bridgehead atoms. The van der Waals surface area contributed by atoms with Gasteiger partial charge in [0.05, 0.1) is 5.56 Å². The molecule has 0 aliphatic rings. The van der Waals surface area contributed by atoms with Crippen molar-refractivity contribution in [1.82, 2.24) is 19.2 Å². The maximum absolute atomic E-state index is 12.6. The van der Waals surface area contributed by atoms with Crippen LogP contribution in [0.4, 0.5) is 0 Å². The smallest absolute Gasteiger partial charge is 0.283 e. The van der Waals surface area contributed by atoms with Gasteiger partial charge in [-0.05, 0) is 25.3 Å². The fourth-order valence-corrected chi connectivity index (χ4v) is 2.48. The zero-order valence-electron chi connectivity index (χ0n) is 12.4. The molecular weight excluding hydrogens is 280 g/mol. The van der Waals surface area contributed by atoms with E-state index in [4.69, 9.17) is 5.11 Å². The molecule has 1 N–H and O–H groups in total. The fraction of sp³-hybridized carbons (Fsp3) is 0.312. The summed E-state index contributed by atoms with van der Waals surface area (Å²) in [7, 11) is 0. The van der Waals surface area contributed by atoms with E-state index in [2.05, 4.69) is 10.1 Å². The summed E-state index contributed by atoms with van der Waals surface area (Å²) in [4.78, 5) is 17.0. The second-order valence-electron chi connectivity index (χ2n) is 5.21. The molecule has 2 heterocycles. The van der Waals surface area contributed by atoms with Crippen LogP contribution in [0.2, 0.25) is 0 Å². The summed E-state index contributed by atoms with van der Waals surface area (Å²) in [6, 6.07) is 9.54. The molecule has 0 saturated carbocycles. The predicted molar refractivity (Wildman–Crippen MR) is 83.7 cm³/mol. The van der Waals surface area contributed by atoms with Gasteiger partial charge in [0.15, 0.2) is 0 Å². The van der Waals surface area contributed by atoms with Crippen molar-refractivity contribution in [2.24, 2.45) is 0 Å². The molecule has 1 aromatic carbocycles. The Hall–Kier alpha value is -2.47. The molecule has 0 amide bonds. The minimum absolute atomic E-state index is 0.160. The number of nitrogens with zero attached hydrogens (tertiary/aromatic N) is 4. The van der Waals surface area contributed by atoms with Crippen molar-refractivity contribution in [3.8, 4) is 11.1 Å². The van der Waals surface area contributed by atoms with E-state index in [1.807, 2.05) is 41.1 Å². The van der Waals surface area contributed by atoms with Crippen LogP contribution >= 0.6 is 0 Å². The molecule has 6 nitrogen and oxygen atoms in total. The van der Waals surface area contributed by atoms with Crippen LogP contribution in [0.5, 0.6) is 0 Å². The average Bonchev–Trinajstić information content (AvgIpc) is 2.93. The Labute approximate surface area is 127 Å². The number of fused-ring (bicyclic) bond motifs is 1. The second-order valence-corrected chi connectivity index (χ2v) is 5.21. The average molecular weight is 298 g/mol. The summed E-state index contributed by atoms with van der Waals surface area (Å²) < 4.78 is 3.29. The minimum Gasteiger partial charge on any atom is -0.396 e. The number of aliphatic hydroxyl groups excluding tert-OH is 1. The van der Waals surface area contributed by atoms with Gasteiger partial charge in [-0.25, -0.2) is 0 Å². The van der Waals surface area contributed by atoms with Crippen molar-refractivity contribution in [2.75, 3.05) is 6.61 Å². The highest BCUT2D eigenvalue weighted by Gasteiger charge is 2.13. The first-order chi connectivity index (χ1) is 10.7. The molecule has 0 radical (unpaired) electrons. The van der Waals surface area contributed by atoms with Crippen molar-refractivity contribution < 1.29 is 5.11 Å². The summed E-state index contributed by atoms with van der Waals surface area (Å²) >= 11 is 0. The topological polar surface area (TPSA) is 72.4 Å². The van der Waals surface area contributed by atoms with Crippen LogP contribution < -0.4 is 5.56 Å².